The number of ether oxygens (including phenoxy) is 1. The van der Waals surface area contributed by atoms with Crippen LogP contribution in [-0.2, 0) is 12.8 Å². The standard InChI is InChI=1S/C22H28O2/c1-4-7-18-14-19-11-6-9-16(3)22(19)24-20(18)13-12-17-10-5-8-15(2)21(17)23/h5-6,8-11,18,20,23H,4,7,12-14H2,1-3H3. The Bertz CT molecular complexity index is 705. The van der Waals surface area contributed by atoms with Crippen molar-refractivity contribution in [2.45, 2.75) is 59.0 Å². The molecule has 2 aromatic rings. The number of hydrogen-bond acceptors (Lipinski definition) is 2. The summed E-state index contributed by atoms with van der Waals surface area (Å²) in [7, 11) is 0. The molecule has 1 N–H and O–H groups in total. The van der Waals surface area contributed by atoms with Gasteiger partial charge in [-0.1, -0.05) is 49.7 Å². The largest absolute Gasteiger partial charge is 0.507 e. The first kappa shape index (κ1) is 16.9. The summed E-state index contributed by atoms with van der Waals surface area (Å²) in [5.74, 6) is 2.09. The fourth-order valence-corrected chi connectivity index (χ4v) is 3.88. The van der Waals surface area contributed by atoms with Crippen LogP contribution in [0.15, 0.2) is 36.4 Å². The molecule has 0 saturated carbocycles. The molecule has 0 radical (unpaired) electrons. The van der Waals surface area contributed by atoms with E-state index in [0.717, 1.165) is 36.1 Å². The molecule has 2 aromatic carbocycles. The molecule has 2 atom stereocenters. The quantitative estimate of drug-likeness (QED) is 0.802. The molecule has 0 amide bonds. The number of para-hydroxylation sites is 2. The number of rotatable bonds is 5. The molecule has 0 aromatic heterocycles. The minimum atomic E-state index is 0.235. The van der Waals surface area contributed by atoms with E-state index in [9.17, 15) is 5.11 Å². The second kappa shape index (κ2) is 7.29. The molecule has 0 fully saturated rings. The zero-order chi connectivity index (χ0) is 17.1. The van der Waals surface area contributed by atoms with Gasteiger partial charge < -0.3 is 9.84 Å². The van der Waals surface area contributed by atoms with Crippen molar-refractivity contribution in [3.05, 3.63) is 58.7 Å². The lowest BCUT2D eigenvalue weighted by Crippen LogP contribution is -2.33. The Hall–Kier alpha value is -1.96. The molecule has 0 bridgehead atoms. The van der Waals surface area contributed by atoms with E-state index >= 15 is 0 Å². The van der Waals surface area contributed by atoms with E-state index in [1.807, 2.05) is 25.1 Å². The predicted octanol–water partition coefficient (Wildman–Crippen LogP) is 5.36. The molecular weight excluding hydrogens is 296 g/mol. The maximum Gasteiger partial charge on any atom is 0.125 e. The molecule has 2 heteroatoms. The summed E-state index contributed by atoms with van der Waals surface area (Å²) in [6, 6.07) is 12.5. The highest BCUT2D eigenvalue weighted by atomic mass is 16.5. The second-order valence-electron chi connectivity index (χ2n) is 7.09. The molecule has 0 aliphatic carbocycles. The molecule has 1 aliphatic rings. The van der Waals surface area contributed by atoms with Gasteiger partial charge in [-0.2, -0.15) is 0 Å². The van der Waals surface area contributed by atoms with Crippen molar-refractivity contribution in [2.24, 2.45) is 5.92 Å². The van der Waals surface area contributed by atoms with Crippen LogP contribution in [-0.4, -0.2) is 11.2 Å². The summed E-state index contributed by atoms with van der Waals surface area (Å²) >= 11 is 0. The number of aromatic hydroxyl groups is 1. The van der Waals surface area contributed by atoms with Gasteiger partial charge in [0.1, 0.15) is 17.6 Å². The molecule has 24 heavy (non-hydrogen) atoms. The Balaban J connectivity index is 1.77. The van der Waals surface area contributed by atoms with Crippen LogP contribution >= 0.6 is 0 Å². The summed E-state index contributed by atoms with van der Waals surface area (Å²) < 4.78 is 6.44. The minimum absolute atomic E-state index is 0.235. The maximum atomic E-state index is 10.3. The predicted molar refractivity (Wildman–Crippen MR) is 98.9 cm³/mol. The highest BCUT2D eigenvalue weighted by Gasteiger charge is 2.30. The van der Waals surface area contributed by atoms with Crippen molar-refractivity contribution in [1.82, 2.24) is 0 Å². The third kappa shape index (κ3) is 3.43. The van der Waals surface area contributed by atoms with Crippen LogP contribution < -0.4 is 4.74 Å². The number of phenols is 1. The van der Waals surface area contributed by atoms with Crippen LogP contribution in [0.2, 0.25) is 0 Å². The summed E-state index contributed by atoms with van der Waals surface area (Å²) in [4.78, 5) is 0. The first-order valence-electron chi connectivity index (χ1n) is 9.12. The number of fused-ring (bicyclic) bond motifs is 1. The third-order valence-electron chi connectivity index (χ3n) is 5.25. The maximum absolute atomic E-state index is 10.3. The van der Waals surface area contributed by atoms with Gasteiger partial charge in [0.25, 0.3) is 0 Å². The first-order chi connectivity index (χ1) is 11.6. The van der Waals surface area contributed by atoms with E-state index in [0.29, 0.717) is 11.7 Å². The van der Waals surface area contributed by atoms with Gasteiger partial charge >= 0.3 is 0 Å². The van der Waals surface area contributed by atoms with Crippen LogP contribution in [0.25, 0.3) is 0 Å². The average Bonchev–Trinajstić information content (AvgIpc) is 2.57. The number of aryl methyl sites for hydroxylation is 3. The van der Waals surface area contributed by atoms with E-state index in [4.69, 9.17) is 4.74 Å². The zero-order valence-electron chi connectivity index (χ0n) is 15.0. The van der Waals surface area contributed by atoms with Crippen molar-refractivity contribution in [3.8, 4) is 11.5 Å². The Morgan fingerprint density at radius 3 is 2.58 bits per heavy atom. The topological polar surface area (TPSA) is 29.5 Å². The Labute approximate surface area is 145 Å². The van der Waals surface area contributed by atoms with Crippen LogP contribution in [0.1, 0.15) is 48.4 Å². The van der Waals surface area contributed by atoms with Crippen molar-refractivity contribution in [1.29, 1.82) is 0 Å². The van der Waals surface area contributed by atoms with Crippen molar-refractivity contribution >= 4 is 0 Å². The normalized spacial score (nSPS) is 19.6. The molecule has 3 rings (SSSR count). The monoisotopic (exact) mass is 324 g/mol. The van der Waals surface area contributed by atoms with Crippen molar-refractivity contribution in [2.75, 3.05) is 0 Å². The highest BCUT2D eigenvalue weighted by molar-refractivity contribution is 5.43. The van der Waals surface area contributed by atoms with Crippen LogP contribution in [0.5, 0.6) is 11.5 Å². The Morgan fingerprint density at radius 2 is 1.79 bits per heavy atom. The lowest BCUT2D eigenvalue weighted by atomic mass is 9.84. The number of benzene rings is 2. The van der Waals surface area contributed by atoms with Crippen molar-refractivity contribution < 1.29 is 9.84 Å². The van der Waals surface area contributed by atoms with E-state index in [1.54, 1.807) is 0 Å². The number of phenolic OH excluding ortho intramolecular Hbond substituents is 1. The summed E-state index contributed by atoms with van der Waals surface area (Å²) in [5.41, 5.74) is 4.56. The molecule has 0 saturated heterocycles. The smallest absolute Gasteiger partial charge is 0.125 e. The van der Waals surface area contributed by atoms with Crippen LogP contribution in [0, 0.1) is 19.8 Å². The number of hydrogen-bond donors (Lipinski definition) is 1. The van der Waals surface area contributed by atoms with E-state index in [1.165, 1.54) is 24.0 Å². The fourth-order valence-electron chi connectivity index (χ4n) is 3.88. The molecule has 128 valence electrons. The molecule has 1 aliphatic heterocycles. The van der Waals surface area contributed by atoms with Crippen molar-refractivity contribution in [3.63, 3.8) is 0 Å². The first-order valence-corrected chi connectivity index (χ1v) is 9.12. The van der Waals surface area contributed by atoms with E-state index in [-0.39, 0.29) is 6.10 Å². The van der Waals surface area contributed by atoms with Gasteiger partial charge in [-0.3, -0.25) is 0 Å². The van der Waals surface area contributed by atoms with Gasteiger partial charge in [0.15, 0.2) is 0 Å². The van der Waals surface area contributed by atoms with E-state index in [2.05, 4.69) is 32.0 Å². The van der Waals surface area contributed by atoms with Gasteiger partial charge in [-0.25, -0.2) is 0 Å². The Morgan fingerprint density at radius 1 is 1.04 bits per heavy atom. The fraction of sp³-hybridized carbons (Fsp3) is 0.455. The second-order valence-corrected chi connectivity index (χ2v) is 7.09. The van der Waals surface area contributed by atoms with Crippen LogP contribution in [0.3, 0.4) is 0 Å². The molecular formula is C22H28O2. The molecule has 0 spiro atoms. The molecule has 2 unspecified atom stereocenters. The minimum Gasteiger partial charge on any atom is -0.507 e. The summed E-state index contributed by atoms with van der Waals surface area (Å²) in [5, 5.41) is 10.3. The highest BCUT2D eigenvalue weighted by Crippen LogP contribution is 2.37. The van der Waals surface area contributed by atoms with Crippen LogP contribution in [0.4, 0.5) is 0 Å². The van der Waals surface area contributed by atoms with Gasteiger partial charge in [0, 0.05) is 0 Å². The average molecular weight is 324 g/mol. The summed E-state index contributed by atoms with van der Waals surface area (Å²) in [6.07, 6.45) is 5.53. The third-order valence-corrected chi connectivity index (χ3v) is 5.25. The van der Waals surface area contributed by atoms with Gasteiger partial charge in [-0.05, 0) is 67.7 Å². The SMILES string of the molecule is CCCC1Cc2cccc(C)c2OC1CCc1cccc(C)c1O. The summed E-state index contributed by atoms with van der Waals surface area (Å²) in [6.45, 7) is 6.33. The van der Waals surface area contributed by atoms with Gasteiger partial charge in [0.05, 0.1) is 0 Å². The van der Waals surface area contributed by atoms with Gasteiger partial charge in [-0.15, -0.1) is 0 Å². The Kier molecular flexibility index (Phi) is 5.13. The van der Waals surface area contributed by atoms with E-state index < -0.39 is 0 Å². The molecule has 1 heterocycles. The lowest BCUT2D eigenvalue weighted by molar-refractivity contribution is 0.0977. The molecule has 2 nitrogen and oxygen atoms in total. The lowest BCUT2D eigenvalue weighted by Gasteiger charge is -2.34. The van der Waals surface area contributed by atoms with Gasteiger partial charge in [0.2, 0.25) is 0 Å². The zero-order valence-corrected chi connectivity index (χ0v) is 15.0.